The summed E-state index contributed by atoms with van der Waals surface area (Å²) < 4.78 is 0. The van der Waals surface area contributed by atoms with E-state index in [1.165, 1.54) is 19.3 Å². The highest BCUT2D eigenvalue weighted by Crippen LogP contribution is 2.20. The van der Waals surface area contributed by atoms with Crippen molar-refractivity contribution < 1.29 is 9.59 Å². The van der Waals surface area contributed by atoms with Crippen molar-refractivity contribution in [3.63, 3.8) is 0 Å². The Labute approximate surface area is 133 Å². The maximum absolute atomic E-state index is 12.2. The molecule has 6 nitrogen and oxygen atoms in total. The molecule has 22 heavy (non-hydrogen) atoms. The number of nitrogens with two attached hydrogens (primary N) is 1. The molecule has 2 aliphatic rings. The van der Waals surface area contributed by atoms with E-state index < -0.39 is 6.04 Å². The first-order chi connectivity index (χ1) is 10.5. The molecule has 0 radical (unpaired) electrons. The van der Waals surface area contributed by atoms with Gasteiger partial charge in [-0.1, -0.05) is 20.3 Å². The fraction of sp³-hybridized carbons (Fsp3) is 0.875. The van der Waals surface area contributed by atoms with Gasteiger partial charge in [-0.15, -0.1) is 0 Å². The number of likely N-dealkylation sites (tertiary alicyclic amines) is 2. The summed E-state index contributed by atoms with van der Waals surface area (Å²) in [4.78, 5) is 28.4. The van der Waals surface area contributed by atoms with Crippen molar-refractivity contribution in [3.8, 4) is 0 Å². The third-order valence-corrected chi connectivity index (χ3v) is 4.86. The fourth-order valence-electron chi connectivity index (χ4n) is 3.25. The molecule has 0 aromatic heterocycles. The second kappa shape index (κ2) is 7.92. The van der Waals surface area contributed by atoms with Crippen LogP contribution in [0, 0.1) is 5.92 Å². The molecule has 126 valence electrons. The van der Waals surface area contributed by atoms with Gasteiger partial charge in [0.25, 0.3) is 0 Å². The van der Waals surface area contributed by atoms with Gasteiger partial charge in [-0.25, -0.2) is 0 Å². The normalized spacial score (nSPS) is 24.5. The number of nitrogens with one attached hydrogen (secondary N) is 1. The van der Waals surface area contributed by atoms with Gasteiger partial charge in [0, 0.05) is 19.1 Å². The van der Waals surface area contributed by atoms with Crippen LogP contribution in [-0.2, 0) is 9.59 Å². The number of carbonyl (C=O) groups excluding carboxylic acids is 2. The summed E-state index contributed by atoms with van der Waals surface area (Å²) in [5.74, 6) is -0.163. The minimum absolute atomic E-state index is 0.00353. The Morgan fingerprint density at radius 3 is 2.50 bits per heavy atom. The quantitative estimate of drug-likeness (QED) is 0.759. The average Bonchev–Trinajstić information content (AvgIpc) is 3.02. The lowest BCUT2D eigenvalue weighted by molar-refractivity contribution is -0.132. The van der Waals surface area contributed by atoms with Crippen molar-refractivity contribution >= 4 is 11.8 Å². The minimum atomic E-state index is -0.549. The smallest absolute Gasteiger partial charge is 0.242 e. The lowest BCUT2D eigenvalue weighted by Gasteiger charge is -2.32. The number of nitrogens with zero attached hydrogens (tertiary/aromatic N) is 2. The SMILES string of the molecule is CC(C)[C@H](N)C(=O)NCC(=O)N1CCC(N2CCCCC2)C1. The first kappa shape index (κ1) is 17.2. The molecule has 6 heteroatoms. The van der Waals surface area contributed by atoms with E-state index in [0.29, 0.717) is 6.04 Å². The molecule has 3 N–H and O–H groups in total. The lowest BCUT2D eigenvalue weighted by atomic mass is 10.1. The van der Waals surface area contributed by atoms with Crippen molar-refractivity contribution in [2.24, 2.45) is 11.7 Å². The molecule has 0 saturated carbocycles. The molecular weight excluding hydrogens is 280 g/mol. The molecule has 2 saturated heterocycles. The Bertz CT molecular complexity index is 394. The summed E-state index contributed by atoms with van der Waals surface area (Å²) >= 11 is 0. The van der Waals surface area contributed by atoms with E-state index in [-0.39, 0.29) is 24.3 Å². The average molecular weight is 310 g/mol. The number of rotatable bonds is 5. The highest BCUT2D eigenvalue weighted by atomic mass is 16.2. The first-order valence-corrected chi connectivity index (χ1v) is 8.54. The molecule has 2 fully saturated rings. The van der Waals surface area contributed by atoms with Gasteiger partial charge in [0.15, 0.2) is 0 Å². The van der Waals surface area contributed by atoms with Crippen molar-refractivity contribution in [2.75, 3.05) is 32.7 Å². The van der Waals surface area contributed by atoms with Crippen molar-refractivity contribution in [1.29, 1.82) is 0 Å². The van der Waals surface area contributed by atoms with Gasteiger partial charge in [-0.2, -0.15) is 0 Å². The van der Waals surface area contributed by atoms with Gasteiger partial charge >= 0.3 is 0 Å². The van der Waals surface area contributed by atoms with Crippen LogP contribution in [0.25, 0.3) is 0 Å². The summed E-state index contributed by atoms with van der Waals surface area (Å²) in [5.41, 5.74) is 5.78. The highest BCUT2D eigenvalue weighted by molar-refractivity contribution is 5.87. The van der Waals surface area contributed by atoms with E-state index in [9.17, 15) is 9.59 Å². The van der Waals surface area contributed by atoms with Crippen LogP contribution in [0.2, 0.25) is 0 Å². The Hall–Kier alpha value is -1.14. The Kier molecular flexibility index (Phi) is 6.20. The fourth-order valence-corrected chi connectivity index (χ4v) is 3.25. The van der Waals surface area contributed by atoms with E-state index in [1.54, 1.807) is 0 Å². The zero-order valence-electron chi connectivity index (χ0n) is 13.9. The molecule has 0 aliphatic carbocycles. The molecule has 2 rings (SSSR count). The van der Waals surface area contributed by atoms with Gasteiger partial charge in [-0.05, 0) is 38.3 Å². The summed E-state index contributed by atoms with van der Waals surface area (Å²) in [6, 6.07) is -0.0506. The van der Waals surface area contributed by atoms with Gasteiger partial charge in [0.1, 0.15) is 0 Å². The van der Waals surface area contributed by atoms with Crippen molar-refractivity contribution in [3.05, 3.63) is 0 Å². The van der Waals surface area contributed by atoms with E-state index in [2.05, 4.69) is 10.2 Å². The van der Waals surface area contributed by atoms with Crippen LogP contribution < -0.4 is 11.1 Å². The summed E-state index contributed by atoms with van der Waals surface area (Å²) in [7, 11) is 0. The van der Waals surface area contributed by atoms with Crippen LogP contribution in [-0.4, -0.2) is 66.4 Å². The third kappa shape index (κ3) is 4.43. The third-order valence-electron chi connectivity index (χ3n) is 4.86. The zero-order chi connectivity index (χ0) is 16.1. The van der Waals surface area contributed by atoms with Crippen LogP contribution in [0.3, 0.4) is 0 Å². The van der Waals surface area contributed by atoms with Crippen LogP contribution in [0.1, 0.15) is 39.5 Å². The number of hydrogen-bond donors (Lipinski definition) is 2. The summed E-state index contributed by atoms with van der Waals surface area (Å²) in [6.45, 7) is 7.77. The summed E-state index contributed by atoms with van der Waals surface area (Å²) in [6.07, 6.45) is 4.92. The van der Waals surface area contributed by atoms with Crippen molar-refractivity contribution in [1.82, 2.24) is 15.1 Å². The van der Waals surface area contributed by atoms with Crippen molar-refractivity contribution in [2.45, 2.75) is 51.6 Å². The highest BCUT2D eigenvalue weighted by Gasteiger charge is 2.31. The molecule has 0 bridgehead atoms. The van der Waals surface area contributed by atoms with E-state index in [4.69, 9.17) is 5.73 Å². The van der Waals surface area contributed by atoms with Crippen LogP contribution in [0.15, 0.2) is 0 Å². The maximum Gasteiger partial charge on any atom is 0.242 e. The maximum atomic E-state index is 12.2. The predicted octanol–water partition coefficient (Wildman–Crippen LogP) is 0.173. The molecule has 2 amide bonds. The predicted molar refractivity (Wildman–Crippen MR) is 86.2 cm³/mol. The van der Waals surface area contributed by atoms with Crippen LogP contribution in [0.4, 0.5) is 0 Å². The number of carbonyl (C=O) groups is 2. The van der Waals surface area contributed by atoms with Gasteiger partial charge in [-0.3, -0.25) is 14.5 Å². The largest absolute Gasteiger partial charge is 0.346 e. The second-order valence-electron chi connectivity index (χ2n) is 6.87. The first-order valence-electron chi connectivity index (χ1n) is 8.54. The second-order valence-corrected chi connectivity index (χ2v) is 6.87. The van der Waals surface area contributed by atoms with E-state index in [0.717, 1.165) is 32.6 Å². The zero-order valence-corrected chi connectivity index (χ0v) is 13.9. The number of piperidine rings is 1. The van der Waals surface area contributed by atoms with Gasteiger partial charge < -0.3 is 16.0 Å². The van der Waals surface area contributed by atoms with Gasteiger partial charge in [0.2, 0.25) is 11.8 Å². The molecule has 2 aliphatic heterocycles. The Balaban J connectivity index is 1.73. The van der Waals surface area contributed by atoms with Crippen LogP contribution >= 0.6 is 0 Å². The van der Waals surface area contributed by atoms with Gasteiger partial charge in [0.05, 0.1) is 12.6 Å². The number of amides is 2. The lowest BCUT2D eigenvalue weighted by Crippen LogP contribution is -2.48. The Morgan fingerprint density at radius 2 is 1.86 bits per heavy atom. The molecule has 0 aromatic rings. The summed E-state index contributed by atoms with van der Waals surface area (Å²) in [5, 5.41) is 2.67. The topological polar surface area (TPSA) is 78.7 Å². The standard InChI is InChI=1S/C16H30N4O2/c1-12(2)15(17)16(22)18-10-14(21)20-9-6-13(11-20)19-7-4-3-5-8-19/h12-13,15H,3-11,17H2,1-2H3,(H,18,22)/t13?,15-/m0/s1. The minimum Gasteiger partial charge on any atom is -0.346 e. The molecule has 1 unspecified atom stereocenters. The monoisotopic (exact) mass is 310 g/mol. The molecular formula is C16H30N4O2. The molecule has 2 atom stereocenters. The molecule has 0 aromatic carbocycles. The molecule has 2 heterocycles. The Morgan fingerprint density at radius 1 is 1.18 bits per heavy atom. The number of hydrogen-bond acceptors (Lipinski definition) is 4. The van der Waals surface area contributed by atoms with E-state index in [1.807, 2.05) is 18.7 Å². The van der Waals surface area contributed by atoms with Crippen LogP contribution in [0.5, 0.6) is 0 Å². The van der Waals surface area contributed by atoms with E-state index >= 15 is 0 Å². The molecule has 0 spiro atoms.